The number of piperazine rings is 1. The van der Waals surface area contributed by atoms with Crippen LogP contribution in [0.1, 0.15) is 12.6 Å². The lowest BCUT2D eigenvalue weighted by Crippen LogP contribution is -2.49. The second-order valence-electron chi connectivity index (χ2n) is 5.17. The molecular formula is C15H19ClFN3S. The predicted molar refractivity (Wildman–Crippen MR) is 87.5 cm³/mol. The molecule has 1 saturated heterocycles. The van der Waals surface area contributed by atoms with E-state index in [0.717, 1.165) is 42.4 Å². The van der Waals surface area contributed by atoms with Gasteiger partial charge in [-0.05, 0) is 31.2 Å². The summed E-state index contributed by atoms with van der Waals surface area (Å²) < 4.78 is 12.9. The monoisotopic (exact) mass is 327 g/mol. The number of rotatable bonds is 3. The van der Waals surface area contributed by atoms with Crippen molar-refractivity contribution >= 4 is 23.7 Å². The molecule has 0 spiro atoms. The van der Waals surface area contributed by atoms with Crippen molar-refractivity contribution in [2.75, 3.05) is 19.6 Å². The topological polar surface area (TPSA) is 28.2 Å². The van der Waals surface area contributed by atoms with E-state index in [1.807, 2.05) is 0 Å². The minimum atomic E-state index is -0.208. The normalized spacial score (nSPS) is 19.2. The first-order valence-electron chi connectivity index (χ1n) is 6.87. The van der Waals surface area contributed by atoms with Crippen LogP contribution in [0.3, 0.4) is 0 Å². The second kappa shape index (κ2) is 7.31. The highest BCUT2D eigenvalue weighted by atomic mass is 35.5. The Morgan fingerprint density at radius 1 is 1.38 bits per heavy atom. The highest BCUT2D eigenvalue weighted by Gasteiger charge is 2.18. The molecule has 0 amide bonds. The van der Waals surface area contributed by atoms with E-state index in [1.165, 1.54) is 12.1 Å². The maximum Gasteiger partial charge on any atom is 0.123 e. The molecule has 1 aromatic heterocycles. The first-order valence-corrected chi connectivity index (χ1v) is 7.75. The van der Waals surface area contributed by atoms with Crippen molar-refractivity contribution in [1.82, 2.24) is 15.2 Å². The first kappa shape index (κ1) is 16.4. The molecule has 1 aromatic carbocycles. The Hall–Kier alpha value is -1.01. The zero-order valence-electron chi connectivity index (χ0n) is 11.9. The van der Waals surface area contributed by atoms with E-state index >= 15 is 0 Å². The summed E-state index contributed by atoms with van der Waals surface area (Å²) >= 11 is 1.62. The summed E-state index contributed by atoms with van der Waals surface area (Å²) in [4.78, 5) is 7.12. The van der Waals surface area contributed by atoms with Crippen molar-refractivity contribution in [3.63, 3.8) is 0 Å². The Bertz CT molecular complexity index is 573. The van der Waals surface area contributed by atoms with Gasteiger partial charge in [-0.1, -0.05) is 0 Å². The lowest BCUT2D eigenvalue weighted by molar-refractivity contribution is 0.164. The largest absolute Gasteiger partial charge is 0.314 e. The van der Waals surface area contributed by atoms with E-state index in [-0.39, 0.29) is 18.2 Å². The fraction of sp³-hybridized carbons (Fsp3) is 0.400. The maximum absolute atomic E-state index is 12.9. The number of benzene rings is 1. The zero-order valence-corrected chi connectivity index (χ0v) is 13.5. The number of nitrogens with zero attached hydrogens (tertiary/aromatic N) is 2. The summed E-state index contributed by atoms with van der Waals surface area (Å²) in [5.41, 5.74) is 2.08. The lowest BCUT2D eigenvalue weighted by Gasteiger charge is -2.33. The molecule has 0 radical (unpaired) electrons. The SMILES string of the molecule is C[C@@H]1CNCCN1Cc1csc(-c2ccc(F)cc2)n1.Cl. The minimum Gasteiger partial charge on any atom is -0.314 e. The van der Waals surface area contributed by atoms with E-state index in [0.29, 0.717) is 6.04 Å². The summed E-state index contributed by atoms with van der Waals surface area (Å²) in [7, 11) is 0. The molecule has 1 N–H and O–H groups in total. The summed E-state index contributed by atoms with van der Waals surface area (Å²) in [6, 6.07) is 7.07. The van der Waals surface area contributed by atoms with E-state index in [2.05, 4.69) is 27.5 Å². The van der Waals surface area contributed by atoms with E-state index < -0.39 is 0 Å². The highest BCUT2D eigenvalue weighted by molar-refractivity contribution is 7.13. The summed E-state index contributed by atoms with van der Waals surface area (Å²) in [5.74, 6) is -0.208. The van der Waals surface area contributed by atoms with Crippen LogP contribution in [0.2, 0.25) is 0 Å². The number of thiazole rings is 1. The quantitative estimate of drug-likeness (QED) is 0.938. The predicted octanol–water partition coefficient (Wildman–Crippen LogP) is 3.16. The molecule has 2 aromatic rings. The molecule has 1 aliphatic heterocycles. The third-order valence-corrected chi connectivity index (χ3v) is 4.59. The molecule has 3 nitrogen and oxygen atoms in total. The van der Waals surface area contributed by atoms with Crippen molar-refractivity contribution < 1.29 is 4.39 Å². The molecule has 21 heavy (non-hydrogen) atoms. The highest BCUT2D eigenvalue weighted by Crippen LogP contribution is 2.24. The van der Waals surface area contributed by atoms with Crippen molar-refractivity contribution in [1.29, 1.82) is 0 Å². The van der Waals surface area contributed by atoms with Crippen LogP contribution in [0.5, 0.6) is 0 Å². The Kier molecular flexibility index (Phi) is 5.70. The summed E-state index contributed by atoms with van der Waals surface area (Å²) in [6.45, 7) is 6.26. The Morgan fingerprint density at radius 3 is 2.86 bits per heavy atom. The van der Waals surface area contributed by atoms with Gasteiger partial charge in [-0.2, -0.15) is 0 Å². The van der Waals surface area contributed by atoms with Gasteiger partial charge in [0.25, 0.3) is 0 Å². The Balaban J connectivity index is 0.00000161. The molecule has 114 valence electrons. The van der Waals surface area contributed by atoms with Gasteiger partial charge in [0.1, 0.15) is 10.8 Å². The molecule has 0 unspecified atom stereocenters. The van der Waals surface area contributed by atoms with Crippen LogP contribution in [-0.2, 0) is 6.54 Å². The van der Waals surface area contributed by atoms with Crippen LogP contribution in [0.4, 0.5) is 4.39 Å². The molecule has 0 aliphatic carbocycles. The first-order chi connectivity index (χ1) is 9.72. The fourth-order valence-electron chi connectivity index (χ4n) is 2.43. The molecule has 2 heterocycles. The van der Waals surface area contributed by atoms with Gasteiger partial charge in [0.05, 0.1) is 5.69 Å². The Labute approximate surface area is 134 Å². The van der Waals surface area contributed by atoms with Crippen molar-refractivity contribution in [2.45, 2.75) is 19.5 Å². The van der Waals surface area contributed by atoms with E-state index in [4.69, 9.17) is 0 Å². The van der Waals surface area contributed by atoms with Crippen molar-refractivity contribution in [3.8, 4) is 10.6 Å². The van der Waals surface area contributed by atoms with Gasteiger partial charge in [0.15, 0.2) is 0 Å². The smallest absolute Gasteiger partial charge is 0.123 e. The van der Waals surface area contributed by atoms with Crippen LogP contribution in [0.25, 0.3) is 10.6 Å². The minimum absolute atomic E-state index is 0. The molecule has 1 atom stereocenters. The van der Waals surface area contributed by atoms with Crippen molar-refractivity contribution in [2.24, 2.45) is 0 Å². The van der Waals surface area contributed by atoms with Gasteiger partial charge in [0.2, 0.25) is 0 Å². The standard InChI is InChI=1S/C15H18FN3S.ClH/c1-11-8-17-6-7-19(11)9-14-10-20-15(18-14)12-2-4-13(16)5-3-12;/h2-5,10-11,17H,6-9H2,1H3;1H/t11-;/m1./s1. The molecular weight excluding hydrogens is 309 g/mol. The molecule has 0 bridgehead atoms. The molecule has 3 rings (SSSR count). The third kappa shape index (κ3) is 4.01. The number of hydrogen-bond acceptors (Lipinski definition) is 4. The average molecular weight is 328 g/mol. The summed E-state index contributed by atoms with van der Waals surface area (Å²) in [5, 5.41) is 6.46. The van der Waals surface area contributed by atoms with Crippen LogP contribution < -0.4 is 5.32 Å². The molecule has 1 fully saturated rings. The number of aromatic nitrogens is 1. The van der Waals surface area contributed by atoms with Crippen LogP contribution >= 0.6 is 23.7 Å². The molecule has 0 saturated carbocycles. The fourth-order valence-corrected chi connectivity index (χ4v) is 3.25. The van der Waals surface area contributed by atoms with Gasteiger partial charge in [-0.15, -0.1) is 23.7 Å². The number of hydrogen-bond donors (Lipinski definition) is 1. The van der Waals surface area contributed by atoms with Crippen LogP contribution in [-0.4, -0.2) is 35.6 Å². The number of halogens is 2. The average Bonchev–Trinajstić information content (AvgIpc) is 2.91. The summed E-state index contributed by atoms with van der Waals surface area (Å²) in [6.07, 6.45) is 0. The van der Waals surface area contributed by atoms with E-state index in [1.54, 1.807) is 23.5 Å². The van der Waals surface area contributed by atoms with Crippen LogP contribution in [0, 0.1) is 5.82 Å². The number of nitrogens with one attached hydrogen (secondary N) is 1. The Morgan fingerprint density at radius 2 is 2.14 bits per heavy atom. The lowest BCUT2D eigenvalue weighted by atomic mass is 10.2. The maximum atomic E-state index is 12.9. The van der Waals surface area contributed by atoms with Gasteiger partial charge in [-0.25, -0.2) is 9.37 Å². The van der Waals surface area contributed by atoms with Gasteiger partial charge >= 0.3 is 0 Å². The van der Waals surface area contributed by atoms with Crippen LogP contribution in [0.15, 0.2) is 29.6 Å². The van der Waals surface area contributed by atoms with Crippen molar-refractivity contribution in [3.05, 3.63) is 41.2 Å². The van der Waals surface area contributed by atoms with Gasteiger partial charge in [-0.3, -0.25) is 4.90 Å². The van der Waals surface area contributed by atoms with Gasteiger partial charge in [0, 0.05) is 43.2 Å². The third-order valence-electron chi connectivity index (χ3n) is 3.65. The zero-order chi connectivity index (χ0) is 13.9. The second-order valence-corrected chi connectivity index (χ2v) is 6.03. The molecule has 6 heteroatoms. The molecule has 1 aliphatic rings. The van der Waals surface area contributed by atoms with Gasteiger partial charge < -0.3 is 5.32 Å². The van der Waals surface area contributed by atoms with E-state index in [9.17, 15) is 4.39 Å².